The lowest BCUT2D eigenvalue weighted by Crippen LogP contribution is -2.28. The SMILES string of the molecule is Nc1ccccc1Sc1ccc2c(ccc3cc4c(cc32)=CCC(=O)C=4)c1. The number of nitrogen functional groups attached to an aromatic ring is 1. The van der Waals surface area contributed by atoms with Crippen molar-refractivity contribution in [2.75, 3.05) is 5.73 Å². The Balaban J connectivity index is 1.66. The number of rotatable bonds is 2. The Morgan fingerprint density at radius 2 is 1.63 bits per heavy atom. The Kier molecular flexibility index (Phi) is 3.76. The summed E-state index contributed by atoms with van der Waals surface area (Å²) in [5.74, 6) is 0.171. The molecule has 0 unspecified atom stereocenters. The van der Waals surface area contributed by atoms with E-state index < -0.39 is 0 Å². The fraction of sp³-hybridized carbons (Fsp3) is 0.0417. The number of benzene rings is 4. The van der Waals surface area contributed by atoms with Gasteiger partial charge in [0.2, 0.25) is 0 Å². The molecule has 4 aromatic carbocycles. The van der Waals surface area contributed by atoms with Crippen LogP contribution in [-0.2, 0) is 4.79 Å². The summed E-state index contributed by atoms with van der Waals surface area (Å²) < 4.78 is 0. The molecule has 3 heteroatoms. The van der Waals surface area contributed by atoms with E-state index in [4.69, 9.17) is 5.73 Å². The summed E-state index contributed by atoms with van der Waals surface area (Å²) in [5.41, 5.74) is 6.88. The molecular formula is C24H17NOS. The highest BCUT2D eigenvalue weighted by molar-refractivity contribution is 7.99. The molecule has 0 radical (unpaired) electrons. The van der Waals surface area contributed by atoms with Crippen LogP contribution in [0.4, 0.5) is 5.69 Å². The average Bonchev–Trinajstić information content (AvgIpc) is 2.68. The van der Waals surface area contributed by atoms with Gasteiger partial charge in [-0.1, -0.05) is 48.2 Å². The standard InChI is InChI=1S/C24H17NOS/c25-23-3-1-2-4-24(23)27-20-9-10-21-17(13-20)6-5-16-11-18-12-19(26)8-7-15(18)14-22(16)21/h1-7,9-14H,8,25H2. The number of para-hydroxylation sites is 1. The molecule has 1 aliphatic rings. The molecule has 27 heavy (non-hydrogen) atoms. The smallest absolute Gasteiger partial charge is 0.160 e. The number of hydrogen-bond donors (Lipinski definition) is 1. The fourth-order valence-corrected chi connectivity index (χ4v) is 4.54. The fourth-order valence-electron chi connectivity index (χ4n) is 3.63. The molecular weight excluding hydrogens is 350 g/mol. The molecule has 130 valence electrons. The number of carbonyl (C=O) groups excluding carboxylic acids is 1. The monoisotopic (exact) mass is 367 g/mol. The molecule has 0 aromatic heterocycles. The van der Waals surface area contributed by atoms with Crippen LogP contribution in [0.1, 0.15) is 6.42 Å². The quantitative estimate of drug-likeness (QED) is 0.425. The van der Waals surface area contributed by atoms with E-state index in [2.05, 4.69) is 42.5 Å². The lowest BCUT2D eigenvalue weighted by atomic mass is 9.98. The number of ketones is 1. The molecule has 1 aliphatic carbocycles. The number of fused-ring (bicyclic) bond motifs is 4. The molecule has 0 saturated heterocycles. The molecule has 0 spiro atoms. The molecule has 0 amide bonds. The summed E-state index contributed by atoms with van der Waals surface area (Å²) in [5, 5.41) is 6.98. The Bertz CT molecular complexity index is 1350. The van der Waals surface area contributed by atoms with E-state index in [1.165, 1.54) is 21.1 Å². The van der Waals surface area contributed by atoms with Gasteiger partial charge in [0.15, 0.2) is 5.78 Å². The molecule has 0 bridgehead atoms. The van der Waals surface area contributed by atoms with Gasteiger partial charge in [0.1, 0.15) is 0 Å². The molecule has 0 saturated carbocycles. The largest absolute Gasteiger partial charge is 0.398 e. The predicted octanol–water partition coefficient (Wildman–Crippen LogP) is 4.26. The van der Waals surface area contributed by atoms with E-state index in [0.717, 1.165) is 26.4 Å². The summed E-state index contributed by atoms with van der Waals surface area (Å²) in [4.78, 5) is 13.9. The summed E-state index contributed by atoms with van der Waals surface area (Å²) >= 11 is 1.68. The van der Waals surface area contributed by atoms with Crippen LogP contribution < -0.4 is 16.2 Å². The summed E-state index contributed by atoms with van der Waals surface area (Å²) in [7, 11) is 0. The molecule has 2 N–H and O–H groups in total. The Morgan fingerprint density at radius 1 is 0.815 bits per heavy atom. The van der Waals surface area contributed by atoms with Gasteiger partial charge in [0.05, 0.1) is 0 Å². The van der Waals surface area contributed by atoms with E-state index in [-0.39, 0.29) is 5.78 Å². The van der Waals surface area contributed by atoms with E-state index in [9.17, 15) is 4.79 Å². The van der Waals surface area contributed by atoms with Gasteiger partial charge in [-0.15, -0.1) is 0 Å². The van der Waals surface area contributed by atoms with Crippen molar-refractivity contribution in [3.05, 3.63) is 77.2 Å². The normalized spacial score (nSPS) is 13.3. The molecule has 0 atom stereocenters. The first-order chi connectivity index (χ1) is 13.2. The van der Waals surface area contributed by atoms with Crippen LogP contribution in [0.3, 0.4) is 0 Å². The minimum Gasteiger partial charge on any atom is -0.398 e. The van der Waals surface area contributed by atoms with Crippen LogP contribution in [0.5, 0.6) is 0 Å². The van der Waals surface area contributed by atoms with Crippen LogP contribution >= 0.6 is 11.8 Å². The summed E-state index contributed by atoms with van der Waals surface area (Å²) in [6.07, 6.45) is 4.27. The van der Waals surface area contributed by atoms with E-state index in [1.807, 2.05) is 30.3 Å². The highest BCUT2D eigenvalue weighted by Gasteiger charge is 2.07. The summed E-state index contributed by atoms with van der Waals surface area (Å²) in [6, 6.07) is 23.1. The molecule has 5 rings (SSSR count). The van der Waals surface area contributed by atoms with Crippen molar-refractivity contribution in [1.82, 2.24) is 0 Å². The maximum atomic E-state index is 11.7. The number of anilines is 1. The molecule has 0 aliphatic heterocycles. The van der Waals surface area contributed by atoms with E-state index >= 15 is 0 Å². The zero-order valence-electron chi connectivity index (χ0n) is 14.6. The van der Waals surface area contributed by atoms with Gasteiger partial charge < -0.3 is 5.73 Å². The van der Waals surface area contributed by atoms with Crippen LogP contribution in [-0.4, -0.2) is 5.78 Å². The second-order valence-corrected chi connectivity index (χ2v) is 7.92. The van der Waals surface area contributed by atoms with Gasteiger partial charge in [-0.25, -0.2) is 0 Å². The second kappa shape index (κ2) is 6.29. The van der Waals surface area contributed by atoms with E-state index in [1.54, 1.807) is 17.8 Å². The Morgan fingerprint density at radius 3 is 2.48 bits per heavy atom. The van der Waals surface area contributed by atoms with Gasteiger partial charge in [-0.3, -0.25) is 4.79 Å². The first kappa shape index (κ1) is 16.2. The summed E-state index contributed by atoms with van der Waals surface area (Å²) in [6.45, 7) is 0. The molecule has 2 nitrogen and oxygen atoms in total. The van der Waals surface area contributed by atoms with Crippen LogP contribution in [0, 0.1) is 0 Å². The number of nitrogens with two attached hydrogens (primary N) is 1. The van der Waals surface area contributed by atoms with Crippen molar-refractivity contribution in [3.8, 4) is 0 Å². The van der Waals surface area contributed by atoms with Crippen molar-refractivity contribution in [1.29, 1.82) is 0 Å². The highest BCUT2D eigenvalue weighted by Crippen LogP contribution is 2.34. The Hall–Kier alpha value is -3.04. The Labute approximate surface area is 161 Å². The molecule has 0 fully saturated rings. The third-order valence-corrected chi connectivity index (χ3v) is 6.08. The third-order valence-electron chi connectivity index (χ3n) is 5.00. The lowest BCUT2D eigenvalue weighted by molar-refractivity contribution is -0.112. The maximum Gasteiger partial charge on any atom is 0.160 e. The van der Waals surface area contributed by atoms with Gasteiger partial charge in [-0.05, 0) is 74.5 Å². The average molecular weight is 367 g/mol. The zero-order valence-corrected chi connectivity index (χ0v) is 15.4. The van der Waals surface area contributed by atoms with Gasteiger partial charge >= 0.3 is 0 Å². The lowest BCUT2D eigenvalue weighted by Gasteiger charge is -2.09. The minimum atomic E-state index is 0.171. The highest BCUT2D eigenvalue weighted by atomic mass is 32.2. The number of carbonyl (C=O) groups is 1. The first-order valence-electron chi connectivity index (χ1n) is 8.91. The zero-order chi connectivity index (χ0) is 18.4. The van der Waals surface area contributed by atoms with Gasteiger partial charge in [0, 0.05) is 21.9 Å². The van der Waals surface area contributed by atoms with Crippen molar-refractivity contribution in [3.63, 3.8) is 0 Å². The van der Waals surface area contributed by atoms with Crippen LogP contribution in [0.25, 0.3) is 33.7 Å². The van der Waals surface area contributed by atoms with E-state index in [0.29, 0.717) is 6.42 Å². The van der Waals surface area contributed by atoms with Gasteiger partial charge in [0.25, 0.3) is 0 Å². The number of hydrogen-bond acceptors (Lipinski definition) is 3. The van der Waals surface area contributed by atoms with Crippen molar-refractivity contribution in [2.24, 2.45) is 0 Å². The minimum absolute atomic E-state index is 0.171. The van der Waals surface area contributed by atoms with Crippen molar-refractivity contribution >= 4 is 56.9 Å². The number of Topliss-reactive ketones (excluding diaryl/α,β-unsaturated/α-hetero) is 1. The maximum absolute atomic E-state index is 11.7. The second-order valence-electron chi connectivity index (χ2n) is 6.81. The van der Waals surface area contributed by atoms with Crippen LogP contribution in [0.2, 0.25) is 0 Å². The topological polar surface area (TPSA) is 43.1 Å². The molecule has 4 aromatic rings. The van der Waals surface area contributed by atoms with Crippen molar-refractivity contribution < 1.29 is 4.79 Å². The first-order valence-corrected chi connectivity index (χ1v) is 9.73. The van der Waals surface area contributed by atoms with Crippen LogP contribution in [0.15, 0.2) is 76.5 Å². The molecule has 0 heterocycles. The van der Waals surface area contributed by atoms with Gasteiger partial charge in [-0.2, -0.15) is 0 Å². The predicted molar refractivity (Wildman–Crippen MR) is 114 cm³/mol. The third kappa shape index (κ3) is 2.90. The van der Waals surface area contributed by atoms with Crippen molar-refractivity contribution in [2.45, 2.75) is 16.2 Å².